The average Bonchev–Trinajstić information content (AvgIpc) is 3.27. The number of para-hydroxylation sites is 1. The summed E-state index contributed by atoms with van der Waals surface area (Å²) in [6, 6.07) is 2.60. The van der Waals surface area contributed by atoms with E-state index in [1.165, 1.54) is 0 Å². The van der Waals surface area contributed by atoms with E-state index in [-0.39, 0.29) is 12.2 Å². The molecule has 4 unspecified atom stereocenters. The first kappa shape index (κ1) is 29.1. The fourth-order valence-corrected chi connectivity index (χ4v) is 3.83. The molecule has 36 heavy (non-hydrogen) atoms. The third-order valence-electron chi connectivity index (χ3n) is 5.65. The number of carboxylic acids is 1. The van der Waals surface area contributed by atoms with Crippen molar-refractivity contribution in [3.05, 3.63) is 36.0 Å². The van der Waals surface area contributed by atoms with Crippen molar-refractivity contribution in [2.45, 2.75) is 49.9 Å². The van der Waals surface area contributed by atoms with Gasteiger partial charge in [-0.15, -0.1) is 0 Å². The van der Waals surface area contributed by atoms with Gasteiger partial charge in [0, 0.05) is 29.3 Å². The van der Waals surface area contributed by atoms with E-state index in [4.69, 9.17) is 11.5 Å². The van der Waals surface area contributed by atoms with Crippen LogP contribution in [0.4, 0.5) is 0 Å². The first-order valence-electron chi connectivity index (χ1n) is 11.6. The number of hydrogen-bond acceptors (Lipinski definition) is 8. The number of carboxylic acid groups (broad SMARTS) is 1. The van der Waals surface area contributed by atoms with Gasteiger partial charge in [-0.05, 0) is 31.0 Å². The lowest BCUT2D eigenvalue weighted by atomic mass is 10.0. The third kappa shape index (κ3) is 8.22. The number of aliphatic carboxylic acids is 1. The Labute approximate surface area is 214 Å². The van der Waals surface area contributed by atoms with E-state index in [0.29, 0.717) is 31.4 Å². The largest absolute Gasteiger partial charge is 0.480 e. The quantitative estimate of drug-likeness (QED) is 0.100. The Morgan fingerprint density at radius 1 is 0.972 bits per heavy atom. The van der Waals surface area contributed by atoms with Gasteiger partial charge in [-0.3, -0.25) is 14.4 Å². The van der Waals surface area contributed by atoms with Gasteiger partial charge in [-0.2, -0.15) is 12.6 Å². The van der Waals surface area contributed by atoms with Crippen LogP contribution in [0.5, 0.6) is 0 Å². The predicted molar refractivity (Wildman–Crippen MR) is 137 cm³/mol. The molecule has 12 nitrogen and oxygen atoms in total. The van der Waals surface area contributed by atoms with E-state index in [1.54, 1.807) is 6.20 Å². The van der Waals surface area contributed by atoms with Gasteiger partial charge < -0.3 is 42.6 Å². The molecule has 198 valence electrons. The number of aromatic amines is 1. The number of thiol groups is 1. The molecule has 0 spiro atoms. The molecule has 0 radical (unpaired) electrons. The number of nitrogens with one attached hydrogen (secondary N) is 4. The van der Waals surface area contributed by atoms with Gasteiger partial charge >= 0.3 is 5.97 Å². The molecule has 1 heterocycles. The van der Waals surface area contributed by atoms with Crippen molar-refractivity contribution >= 4 is 47.2 Å². The number of H-pyrrole nitrogens is 1. The number of unbranched alkanes of at least 4 members (excludes halogenated alkanes) is 1. The van der Waals surface area contributed by atoms with Crippen molar-refractivity contribution in [1.82, 2.24) is 20.9 Å². The van der Waals surface area contributed by atoms with E-state index in [1.807, 2.05) is 24.3 Å². The highest BCUT2D eigenvalue weighted by Gasteiger charge is 2.30. The van der Waals surface area contributed by atoms with Crippen molar-refractivity contribution in [2.24, 2.45) is 11.5 Å². The number of aromatic nitrogens is 1. The van der Waals surface area contributed by atoms with Crippen LogP contribution in [0.15, 0.2) is 30.5 Å². The maximum atomic E-state index is 12.7. The fourth-order valence-electron chi connectivity index (χ4n) is 3.57. The van der Waals surface area contributed by atoms with E-state index in [9.17, 15) is 29.4 Å². The Hall–Kier alpha value is -3.13. The molecule has 1 aromatic carbocycles. The molecule has 3 amide bonds. The first-order valence-corrected chi connectivity index (χ1v) is 12.2. The van der Waals surface area contributed by atoms with Gasteiger partial charge in [0.1, 0.15) is 18.1 Å². The van der Waals surface area contributed by atoms with Crippen molar-refractivity contribution in [2.75, 3.05) is 18.9 Å². The van der Waals surface area contributed by atoms with E-state index in [0.717, 1.165) is 10.9 Å². The molecule has 1 aromatic heterocycles. The highest BCUT2D eigenvalue weighted by Crippen LogP contribution is 2.19. The molecular formula is C23H34N6O6S. The number of aliphatic hydroxyl groups excluding tert-OH is 1. The van der Waals surface area contributed by atoms with E-state index >= 15 is 0 Å². The SMILES string of the molecule is NCCCCC(N)C(=O)NC(CS)C(=O)NC(CO)C(=O)NC(Cc1c[nH]c2ccccc12)C(=O)O. The Kier molecular flexibility index (Phi) is 11.7. The molecule has 4 atom stereocenters. The van der Waals surface area contributed by atoms with Crippen LogP contribution in [-0.2, 0) is 25.6 Å². The van der Waals surface area contributed by atoms with Gasteiger partial charge in [0.25, 0.3) is 0 Å². The Bertz CT molecular complexity index is 1050. The highest BCUT2D eigenvalue weighted by atomic mass is 32.1. The smallest absolute Gasteiger partial charge is 0.326 e. The van der Waals surface area contributed by atoms with Crippen LogP contribution in [0.25, 0.3) is 10.9 Å². The molecule has 0 bridgehead atoms. The number of nitrogens with two attached hydrogens (primary N) is 2. The summed E-state index contributed by atoms with van der Waals surface area (Å²) < 4.78 is 0. The lowest BCUT2D eigenvalue weighted by molar-refractivity contribution is -0.142. The second-order valence-corrected chi connectivity index (χ2v) is 8.71. The molecule has 2 aromatic rings. The summed E-state index contributed by atoms with van der Waals surface area (Å²) in [7, 11) is 0. The summed E-state index contributed by atoms with van der Waals surface area (Å²) in [6.45, 7) is -0.312. The lowest BCUT2D eigenvalue weighted by Gasteiger charge is -2.23. The summed E-state index contributed by atoms with van der Waals surface area (Å²) in [5.41, 5.74) is 12.8. The zero-order chi connectivity index (χ0) is 26.7. The molecule has 13 heteroatoms. The standard InChI is InChI=1S/C23H34N6O6S/c24-8-4-3-6-15(25)20(31)29-19(12-36)22(33)28-18(11-30)21(32)27-17(23(34)35)9-13-10-26-16-7-2-1-5-14(13)16/h1-2,5,7,10,15,17-19,26,30,36H,3-4,6,8-9,11-12,24-25H2,(H,27,32)(H,28,33)(H,29,31)(H,34,35). The van der Waals surface area contributed by atoms with Crippen molar-refractivity contribution in [3.8, 4) is 0 Å². The van der Waals surface area contributed by atoms with Crippen molar-refractivity contribution < 1.29 is 29.4 Å². The fraction of sp³-hybridized carbons (Fsp3) is 0.478. The molecule has 10 N–H and O–H groups in total. The summed E-state index contributed by atoms with van der Waals surface area (Å²) in [5.74, 6) is -3.59. The number of carbonyl (C=O) groups is 4. The number of carbonyl (C=O) groups excluding carboxylic acids is 3. The second-order valence-electron chi connectivity index (χ2n) is 8.34. The number of benzene rings is 1. The normalized spacial score (nSPS) is 14.4. The van der Waals surface area contributed by atoms with Crippen LogP contribution in [0.3, 0.4) is 0 Å². The van der Waals surface area contributed by atoms with Gasteiger partial charge in [0.15, 0.2) is 0 Å². The summed E-state index contributed by atoms with van der Waals surface area (Å²) in [6.07, 6.45) is 3.40. The zero-order valence-corrected chi connectivity index (χ0v) is 20.7. The van der Waals surface area contributed by atoms with Gasteiger partial charge in [0.05, 0.1) is 12.6 Å². The van der Waals surface area contributed by atoms with Gasteiger partial charge in [-0.1, -0.05) is 24.6 Å². The highest BCUT2D eigenvalue weighted by molar-refractivity contribution is 7.80. The molecule has 2 rings (SSSR count). The van der Waals surface area contributed by atoms with Crippen LogP contribution < -0.4 is 27.4 Å². The molecular weight excluding hydrogens is 488 g/mol. The zero-order valence-electron chi connectivity index (χ0n) is 19.8. The Morgan fingerprint density at radius 2 is 1.61 bits per heavy atom. The molecule has 0 aliphatic rings. The predicted octanol–water partition coefficient (Wildman–Crippen LogP) is -1.37. The molecule has 0 saturated heterocycles. The number of rotatable bonds is 15. The number of amides is 3. The van der Waals surface area contributed by atoms with Crippen LogP contribution in [0.1, 0.15) is 24.8 Å². The Balaban J connectivity index is 1.99. The summed E-state index contributed by atoms with van der Waals surface area (Å²) >= 11 is 4.07. The topological polar surface area (TPSA) is 213 Å². The maximum absolute atomic E-state index is 12.7. The monoisotopic (exact) mass is 522 g/mol. The molecule has 0 saturated carbocycles. The second kappa shape index (κ2) is 14.4. The van der Waals surface area contributed by atoms with Crippen LogP contribution in [-0.4, -0.2) is 82.0 Å². The minimum absolute atomic E-state index is 0.0193. The van der Waals surface area contributed by atoms with Crippen LogP contribution in [0.2, 0.25) is 0 Å². The summed E-state index contributed by atoms with van der Waals surface area (Å²) in [4.78, 5) is 52.5. The molecule has 0 fully saturated rings. The third-order valence-corrected chi connectivity index (χ3v) is 6.02. The number of fused-ring (bicyclic) bond motifs is 1. The minimum Gasteiger partial charge on any atom is -0.480 e. The van der Waals surface area contributed by atoms with Gasteiger partial charge in [-0.25, -0.2) is 4.79 Å². The maximum Gasteiger partial charge on any atom is 0.326 e. The molecule has 0 aliphatic heterocycles. The number of hydrogen-bond donors (Lipinski definition) is 9. The van der Waals surface area contributed by atoms with E-state index in [2.05, 4.69) is 33.6 Å². The Morgan fingerprint density at radius 3 is 2.25 bits per heavy atom. The van der Waals surface area contributed by atoms with Gasteiger partial charge in [0.2, 0.25) is 17.7 Å². The summed E-state index contributed by atoms with van der Waals surface area (Å²) in [5, 5.41) is 27.3. The van der Waals surface area contributed by atoms with E-state index < -0.39 is 54.5 Å². The average molecular weight is 523 g/mol. The van der Waals surface area contributed by atoms with Crippen molar-refractivity contribution in [3.63, 3.8) is 0 Å². The van der Waals surface area contributed by atoms with Crippen molar-refractivity contribution in [1.29, 1.82) is 0 Å². The first-order chi connectivity index (χ1) is 17.2. The van der Waals surface area contributed by atoms with Crippen LogP contribution in [0, 0.1) is 0 Å². The molecule has 0 aliphatic carbocycles. The van der Waals surface area contributed by atoms with Crippen LogP contribution >= 0.6 is 12.6 Å². The minimum atomic E-state index is -1.44. The lowest BCUT2D eigenvalue weighted by Crippen LogP contribution is -2.58. The number of aliphatic hydroxyl groups is 1.